The molecule has 136 valence electrons. The van der Waals surface area contributed by atoms with Crippen LogP contribution in [0, 0.1) is 0 Å². The Labute approximate surface area is 142 Å². The molecule has 0 saturated carbocycles. The predicted octanol–water partition coefficient (Wildman–Crippen LogP) is 2.69. The number of hydrogen-bond acceptors (Lipinski definition) is 5. The fraction of sp³-hybridized carbons (Fsp3) is 0.692. The summed E-state index contributed by atoms with van der Waals surface area (Å²) in [6.07, 6.45) is -2.48. The Morgan fingerprint density at radius 1 is 1.46 bits per heavy atom. The van der Waals surface area contributed by atoms with E-state index in [-0.39, 0.29) is 17.4 Å². The fourth-order valence-electron chi connectivity index (χ4n) is 2.53. The minimum atomic E-state index is -4.58. The number of aromatic nitrogens is 1. The van der Waals surface area contributed by atoms with E-state index < -0.39 is 33.8 Å². The SMILES string of the molecule is CCCS(=O)(=O)N1CCCCC1C(=O)Nc1nc(C(F)(F)F)cs1. The predicted molar refractivity (Wildman–Crippen MR) is 84.2 cm³/mol. The van der Waals surface area contributed by atoms with Gasteiger partial charge in [0.05, 0.1) is 5.75 Å². The van der Waals surface area contributed by atoms with Crippen molar-refractivity contribution in [2.45, 2.75) is 44.8 Å². The van der Waals surface area contributed by atoms with Gasteiger partial charge in [-0.25, -0.2) is 13.4 Å². The maximum Gasteiger partial charge on any atom is 0.434 e. The van der Waals surface area contributed by atoms with Crippen LogP contribution in [-0.2, 0) is 21.0 Å². The molecule has 1 fully saturated rings. The molecule has 0 spiro atoms. The number of carbonyl (C=O) groups is 1. The van der Waals surface area contributed by atoms with Crippen LogP contribution in [0.15, 0.2) is 5.38 Å². The Morgan fingerprint density at radius 3 is 2.75 bits per heavy atom. The number of nitrogens with one attached hydrogen (secondary N) is 1. The van der Waals surface area contributed by atoms with E-state index in [2.05, 4.69) is 10.3 Å². The number of alkyl halides is 3. The third kappa shape index (κ3) is 4.45. The zero-order chi connectivity index (χ0) is 18.0. The summed E-state index contributed by atoms with van der Waals surface area (Å²) in [6.45, 7) is 1.97. The van der Waals surface area contributed by atoms with E-state index in [4.69, 9.17) is 0 Å². The van der Waals surface area contributed by atoms with Gasteiger partial charge in [-0.1, -0.05) is 13.3 Å². The number of hydrogen-bond donors (Lipinski definition) is 1. The number of rotatable bonds is 5. The van der Waals surface area contributed by atoms with Gasteiger partial charge in [-0.05, 0) is 19.3 Å². The molecule has 1 atom stereocenters. The Bertz CT molecular complexity index is 688. The number of piperidine rings is 1. The first-order valence-corrected chi connectivity index (χ1v) is 9.97. The van der Waals surface area contributed by atoms with E-state index in [9.17, 15) is 26.4 Å². The van der Waals surface area contributed by atoms with Gasteiger partial charge in [0.15, 0.2) is 10.8 Å². The van der Waals surface area contributed by atoms with Crippen molar-refractivity contribution in [3.05, 3.63) is 11.1 Å². The average Bonchev–Trinajstić information content (AvgIpc) is 2.96. The van der Waals surface area contributed by atoms with Crippen LogP contribution in [0.25, 0.3) is 0 Å². The van der Waals surface area contributed by atoms with Crippen LogP contribution in [-0.4, -0.2) is 42.0 Å². The van der Waals surface area contributed by atoms with Crippen molar-refractivity contribution in [1.29, 1.82) is 0 Å². The second kappa shape index (κ2) is 7.36. The first kappa shape index (κ1) is 19.1. The molecule has 1 saturated heterocycles. The molecular formula is C13H18F3N3O3S2. The van der Waals surface area contributed by atoms with Crippen LogP contribution < -0.4 is 5.32 Å². The highest BCUT2D eigenvalue weighted by Gasteiger charge is 2.37. The minimum Gasteiger partial charge on any atom is -0.301 e. The molecule has 0 bridgehead atoms. The number of nitrogens with zero attached hydrogens (tertiary/aromatic N) is 2. The van der Waals surface area contributed by atoms with Gasteiger partial charge < -0.3 is 5.32 Å². The van der Waals surface area contributed by atoms with Crippen molar-refractivity contribution in [3.63, 3.8) is 0 Å². The van der Waals surface area contributed by atoms with Crippen molar-refractivity contribution in [3.8, 4) is 0 Å². The van der Waals surface area contributed by atoms with Gasteiger partial charge in [0.25, 0.3) is 0 Å². The lowest BCUT2D eigenvalue weighted by molar-refractivity contribution is -0.140. The summed E-state index contributed by atoms with van der Waals surface area (Å²) in [6, 6.07) is -0.909. The van der Waals surface area contributed by atoms with Crippen molar-refractivity contribution in [2.75, 3.05) is 17.6 Å². The molecule has 6 nitrogen and oxygen atoms in total. The van der Waals surface area contributed by atoms with E-state index in [0.29, 0.717) is 37.0 Å². The lowest BCUT2D eigenvalue weighted by Gasteiger charge is -2.33. The van der Waals surface area contributed by atoms with Crippen molar-refractivity contribution in [1.82, 2.24) is 9.29 Å². The second-order valence-electron chi connectivity index (χ2n) is 5.46. The lowest BCUT2D eigenvalue weighted by atomic mass is 10.0. The standard InChI is InChI=1S/C13H18F3N3O3S2/c1-2-7-24(21,22)19-6-4-3-5-9(19)11(20)18-12-17-10(8-23-12)13(14,15)16/h8-9H,2-7H2,1H3,(H,17,18,20). The molecule has 11 heteroatoms. The van der Waals surface area contributed by atoms with Crippen molar-refractivity contribution < 1.29 is 26.4 Å². The monoisotopic (exact) mass is 385 g/mol. The molecule has 2 heterocycles. The second-order valence-corrected chi connectivity index (χ2v) is 8.36. The van der Waals surface area contributed by atoms with Crippen molar-refractivity contribution in [2.24, 2.45) is 0 Å². The molecule has 1 aromatic heterocycles. The molecular weight excluding hydrogens is 367 g/mol. The maximum absolute atomic E-state index is 12.5. The van der Waals surface area contributed by atoms with Gasteiger partial charge in [0, 0.05) is 11.9 Å². The number of thiazole rings is 1. The minimum absolute atomic E-state index is 0.0632. The summed E-state index contributed by atoms with van der Waals surface area (Å²) in [5.41, 5.74) is -1.08. The van der Waals surface area contributed by atoms with Crippen LogP contribution in [0.5, 0.6) is 0 Å². The molecule has 0 aliphatic carbocycles. The topological polar surface area (TPSA) is 79.4 Å². The first-order valence-electron chi connectivity index (χ1n) is 7.48. The van der Waals surface area contributed by atoms with Gasteiger partial charge in [-0.2, -0.15) is 17.5 Å². The van der Waals surface area contributed by atoms with E-state index in [1.165, 1.54) is 0 Å². The summed E-state index contributed by atoms with van der Waals surface area (Å²) < 4.78 is 63.3. The molecule has 1 aromatic rings. The molecule has 1 aliphatic rings. The first-order chi connectivity index (χ1) is 11.1. The highest BCUT2D eigenvalue weighted by atomic mass is 32.2. The van der Waals surface area contributed by atoms with E-state index in [1.807, 2.05) is 0 Å². The summed E-state index contributed by atoms with van der Waals surface area (Å²) in [7, 11) is -3.56. The van der Waals surface area contributed by atoms with E-state index >= 15 is 0 Å². The zero-order valence-electron chi connectivity index (χ0n) is 13.0. The molecule has 24 heavy (non-hydrogen) atoms. The summed E-state index contributed by atoms with van der Waals surface area (Å²) in [5.74, 6) is -0.704. The van der Waals surface area contributed by atoms with Gasteiger partial charge in [-0.15, -0.1) is 11.3 Å². The Kier molecular flexibility index (Phi) is 5.87. The Balaban J connectivity index is 2.13. The van der Waals surface area contributed by atoms with Crippen LogP contribution in [0.1, 0.15) is 38.3 Å². The van der Waals surface area contributed by atoms with Gasteiger partial charge in [0.2, 0.25) is 15.9 Å². The number of carbonyl (C=O) groups excluding carboxylic acids is 1. The third-order valence-corrected chi connectivity index (χ3v) is 6.43. The lowest BCUT2D eigenvalue weighted by Crippen LogP contribution is -2.50. The molecule has 1 unspecified atom stereocenters. The number of sulfonamides is 1. The largest absolute Gasteiger partial charge is 0.434 e. The Hall–Kier alpha value is -1.20. The fourth-order valence-corrected chi connectivity index (χ4v) is 4.99. The molecule has 1 aliphatic heterocycles. The molecule has 0 radical (unpaired) electrons. The molecule has 1 N–H and O–H groups in total. The van der Waals surface area contributed by atoms with Crippen molar-refractivity contribution >= 4 is 32.4 Å². The average molecular weight is 385 g/mol. The summed E-state index contributed by atoms with van der Waals surface area (Å²) in [5, 5.41) is 2.93. The molecule has 1 amide bonds. The Morgan fingerprint density at radius 2 is 2.17 bits per heavy atom. The molecule has 2 rings (SSSR count). The van der Waals surface area contributed by atoms with Gasteiger partial charge >= 0.3 is 6.18 Å². The highest BCUT2D eigenvalue weighted by Crippen LogP contribution is 2.32. The van der Waals surface area contributed by atoms with Gasteiger partial charge in [-0.3, -0.25) is 4.79 Å². The summed E-state index contributed by atoms with van der Waals surface area (Å²) in [4.78, 5) is 15.7. The van der Waals surface area contributed by atoms with Gasteiger partial charge in [0.1, 0.15) is 6.04 Å². The zero-order valence-corrected chi connectivity index (χ0v) is 14.6. The maximum atomic E-state index is 12.5. The van der Waals surface area contributed by atoms with E-state index in [0.717, 1.165) is 9.69 Å². The van der Waals surface area contributed by atoms with Crippen LogP contribution >= 0.6 is 11.3 Å². The molecule has 0 aromatic carbocycles. The van der Waals surface area contributed by atoms with Crippen LogP contribution in [0.4, 0.5) is 18.3 Å². The smallest absolute Gasteiger partial charge is 0.301 e. The quantitative estimate of drug-likeness (QED) is 0.845. The number of amides is 1. The summed E-state index contributed by atoms with van der Waals surface area (Å²) >= 11 is 0.657. The number of halogens is 3. The highest BCUT2D eigenvalue weighted by molar-refractivity contribution is 7.89. The number of anilines is 1. The van der Waals surface area contributed by atoms with E-state index in [1.54, 1.807) is 6.92 Å². The normalized spacial score (nSPS) is 20.1. The van der Waals surface area contributed by atoms with Crippen LogP contribution in [0.3, 0.4) is 0 Å². The third-order valence-electron chi connectivity index (χ3n) is 3.60. The van der Waals surface area contributed by atoms with Crippen LogP contribution in [0.2, 0.25) is 0 Å².